The van der Waals surface area contributed by atoms with E-state index >= 15 is 0 Å². The van der Waals surface area contributed by atoms with E-state index in [4.69, 9.17) is 0 Å². The molecule has 0 aliphatic carbocycles. The molecule has 2 aromatic heterocycles. The molecule has 0 saturated carbocycles. The maximum absolute atomic E-state index is 13.4. The molecule has 0 aliphatic rings. The summed E-state index contributed by atoms with van der Waals surface area (Å²) >= 11 is 3.30. The average molecular weight is 422 g/mol. The number of rotatable bonds is 4. The molecule has 4 nitrogen and oxygen atoms in total. The maximum Gasteiger partial charge on any atom is 0.126 e. The molecule has 0 spiro atoms. The van der Waals surface area contributed by atoms with E-state index in [-0.39, 0.29) is 30.6 Å². The number of nitrogens with zero attached hydrogens (tertiary/aromatic N) is 4. The lowest BCUT2D eigenvalue weighted by Gasteiger charge is -2.04. The molecule has 0 radical (unpaired) electrons. The Labute approximate surface area is 154 Å². The van der Waals surface area contributed by atoms with Crippen LogP contribution in [-0.2, 0) is 13.0 Å². The Morgan fingerprint density at radius 3 is 2.65 bits per heavy atom. The fourth-order valence-electron chi connectivity index (χ4n) is 2.25. The van der Waals surface area contributed by atoms with E-state index < -0.39 is 0 Å². The minimum atomic E-state index is -0.280. The normalized spacial score (nSPS) is 10.0. The highest BCUT2D eigenvalue weighted by molar-refractivity contribution is 9.10. The second-order valence-electron chi connectivity index (χ2n) is 4.72. The van der Waals surface area contributed by atoms with Crippen LogP contribution in [0.4, 0.5) is 4.39 Å². The van der Waals surface area contributed by atoms with Gasteiger partial charge in [-0.2, -0.15) is 0 Å². The molecule has 2 heterocycles. The summed E-state index contributed by atoms with van der Waals surface area (Å²) < 4.78 is 18.0. The minimum absolute atomic E-state index is 0. The number of halogens is 4. The number of aromatic nitrogens is 4. The average Bonchev–Trinajstić information content (AvgIpc) is 3.07. The van der Waals surface area contributed by atoms with Crippen molar-refractivity contribution in [3.63, 3.8) is 0 Å². The van der Waals surface area contributed by atoms with Gasteiger partial charge in [0.05, 0.1) is 24.3 Å². The summed E-state index contributed by atoms with van der Waals surface area (Å²) in [7, 11) is 0. The highest BCUT2D eigenvalue weighted by Crippen LogP contribution is 2.18. The van der Waals surface area contributed by atoms with Gasteiger partial charge in [0.15, 0.2) is 0 Å². The van der Waals surface area contributed by atoms with Gasteiger partial charge in [-0.3, -0.25) is 0 Å². The lowest BCUT2D eigenvalue weighted by atomic mass is 10.3. The molecule has 3 rings (SSSR count). The minimum Gasteiger partial charge on any atom is -0.329 e. The maximum atomic E-state index is 13.4. The summed E-state index contributed by atoms with van der Waals surface area (Å²) in [6.07, 6.45) is 8.21. The molecule has 1 aromatic carbocycles. The first-order valence-electron chi connectivity index (χ1n) is 6.65. The van der Waals surface area contributed by atoms with Crippen molar-refractivity contribution >= 4 is 40.7 Å². The molecule has 0 aliphatic heterocycles. The number of hydrogen-bond donors (Lipinski definition) is 0. The highest BCUT2D eigenvalue weighted by Gasteiger charge is 2.06. The zero-order chi connectivity index (χ0) is 14.8. The summed E-state index contributed by atoms with van der Waals surface area (Å²) in [5, 5.41) is 0. The van der Waals surface area contributed by atoms with Crippen molar-refractivity contribution in [1.82, 2.24) is 19.1 Å². The van der Waals surface area contributed by atoms with Crippen LogP contribution in [0.5, 0.6) is 0 Å². The van der Waals surface area contributed by atoms with Crippen molar-refractivity contribution in [3.05, 3.63) is 64.9 Å². The van der Waals surface area contributed by atoms with E-state index in [0.29, 0.717) is 11.0 Å². The van der Waals surface area contributed by atoms with Crippen molar-refractivity contribution in [2.24, 2.45) is 0 Å². The first-order valence-corrected chi connectivity index (χ1v) is 7.44. The van der Waals surface area contributed by atoms with E-state index in [0.717, 1.165) is 23.6 Å². The fourth-order valence-corrected chi connectivity index (χ4v) is 2.70. The van der Waals surface area contributed by atoms with Crippen LogP contribution in [0.1, 0.15) is 18.4 Å². The molecule has 0 atom stereocenters. The van der Waals surface area contributed by atoms with Gasteiger partial charge in [0, 0.05) is 29.5 Å². The van der Waals surface area contributed by atoms with Gasteiger partial charge in [0.25, 0.3) is 0 Å². The number of benzene rings is 1. The van der Waals surface area contributed by atoms with E-state index in [2.05, 4.69) is 37.4 Å². The highest BCUT2D eigenvalue weighted by atomic mass is 79.9. The van der Waals surface area contributed by atoms with Crippen molar-refractivity contribution in [3.8, 4) is 5.69 Å². The summed E-state index contributed by atoms with van der Waals surface area (Å²) in [5.41, 5.74) is 1.64. The smallest absolute Gasteiger partial charge is 0.126 e. The lowest BCUT2D eigenvalue weighted by molar-refractivity contribution is 0.625. The Kier molecular flexibility index (Phi) is 7.25. The van der Waals surface area contributed by atoms with Gasteiger partial charge in [0.1, 0.15) is 11.6 Å². The third-order valence-electron chi connectivity index (χ3n) is 3.23. The topological polar surface area (TPSA) is 35.6 Å². The summed E-state index contributed by atoms with van der Waals surface area (Å²) in [5.74, 6) is 0.746. The first kappa shape index (κ1) is 19.7. The number of imidazole rings is 2. The van der Waals surface area contributed by atoms with Crippen molar-refractivity contribution in [2.45, 2.75) is 19.9 Å². The standard InChI is InChI=1S/C15H14BrFN4.2ClH/c1-2-15-18-3-4-20(15)8-13-9-21(10-19-13)14-6-11(16)5-12(17)7-14;;/h3-7,9-10H,2,8H2,1H3;2*1H. The summed E-state index contributed by atoms with van der Waals surface area (Å²) in [6.45, 7) is 2.73. The van der Waals surface area contributed by atoms with Crippen LogP contribution in [0.3, 0.4) is 0 Å². The van der Waals surface area contributed by atoms with Gasteiger partial charge in [-0.25, -0.2) is 14.4 Å². The second-order valence-corrected chi connectivity index (χ2v) is 5.64. The zero-order valence-electron chi connectivity index (χ0n) is 12.3. The molecule has 0 N–H and O–H groups in total. The van der Waals surface area contributed by atoms with Gasteiger partial charge >= 0.3 is 0 Å². The van der Waals surface area contributed by atoms with E-state index in [9.17, 15) is 4.39 Å². The Bertz CT molecular complexity index is 752. The Balaban J connectivity index is 0.00000132. The molecule has 0 unspecified atom stereocenters. The summed E-state index contributed by atoms with van der Waals surface area (Å²) in [4.78, 5) is 8.67. The van der Waals surface area contributed by atoms with Gasteiger partial charge in [-0.1, -0.05) is 22.9 Å². The van der Waals surface area contributed by atoms with Gasteiger partial charge < -0.3 is 9.13 Å². The van der Waals surface area contributed by atoms with Crippen LogP contribution in [0.15, 0.2) is 47.6 Å². The van der Waals surface area contributed by atoms with E-state index in [1.165, 1.54) is 12.1 Å². The van der Waals surface area contributed by atoms with Crippen LogP contribution in [0.25, 0.3) is 5.69 Å². The third kappa shape index (κ3) is 4.56. The van der Waals surface area contributed by atoms with E-state index in [1.54, 1.807) is 12.5 Å². The van der Waals surface area contributed by atoms with Gasteiger partial charge in [-0.15, -0.1) is 24.8 Å². The second kappa shape index (κ2) is 8.47. The van der Waals surface area contributed by atoms with E-state index in [1.807, 2.05) is 23.0 Å². The largest absolute Gasteiger partial charge is 0.329 e. The fraction of sp³-hybridized carbons (Fsp3) is 0.200. The third-order valence-corrected chi connectivity index (χ3v) is 3.69. The van der Waals surface area contributed by atoms with Gasteiger partial charge in [-0.05, 0) is 18.2 Å². The predicted molar refractivity (Wildman–Crippen MR) is 96.4 cm³/mol. The quantitative estimate of drug-likeness (QED) is 0.624. The van der Waals surface area contributed by atoms with Crippen molar-refractivity contribution in [2.75, 3.05) is 0 Å². The van der Waals surface area contributed by atoms with Crippen molar-refractivity contribution in [1.29, 1.82) is 0 Å². The molecular formula is C15H16BrCl2FN4. The predicted octanol–water partition coefficient (Wildman–Crippen LogP) is 4.42. The Morgan fingerprint density at radius 2 is 1.96 bits per heavy atom. The lowest BCUT2D eigenvalue weighted by Crippen LogP contribution is -2.03. The molecular weight excluding hydrogens is 406 g/mol. The Hall–Kier alpha value is -1.37. The molecule has 124 valence electrons. The number of aryl methyl sites for hydroxylation is 1. The van der Waals surface area contributed by atoms with Crippen LogP contribution >= 0.6 is 40.7 Å². The van der Waals surface area contributed by atoms with Crippen LogP contribution in [-0.4, -0.2) is 19.1 Å². The molecule has 3 aromatic rings. The first-order chi connectivity index (χ1) is 10.2. The Morgan fingerprint density at radius 1 is 1.17 bits per heavy atom. The number of hydrogen-bond acceptors (Lipinski definition) is 2. The molecule has 0 amide bonds. The molecule has 8 heteroatoms. The molecule has 23 heavy (non-hydrogen) atoms. The molecule has 0 fully saturated rings. The van der Waals surface area contributed by atoms with Crippen LogP contribution in [0.2, 0.25) is 0 Å². The van der Waals surface area contributed by atoms with Gasteiger partial charge in [0.2, 0.25) is 0 Å². The van der Waals surface area contributed by atoms with Crippen molar-refractivity contribution < 1.29 is 4.39 Å². The van der Waals surface area contributed by atoms with Crippen LogP contribution in [0, 0.1) is 5.82 Å². The van der Waals surface area contributed by atoms with Crippen LogP contribution < -0.4 is 0 Å². The molecule has 0 bridgehead atoms. The molecule has 0 saturated heterocycles. The monoisotopic (exact) mass is 420 g/mol. The zero-order valence-corrected chi connectivity index (χ0v) is 15.5. The SMILES string of the molecule is CCc1nccn1Cc1cn(-c2cc(F)cc(Br)c2)cn1.Cl.Cl. The summed E-state index contributed by atoms with van der Waals surface area (Å²) in [6, 6.07) is 4.76.